The van der Waals surface area contributed by atoms with Crippen molar-refractivity contribution in [3.8, 4) is 0 Å². The van der Waals surface area contributed by atoms with E-state index in [9.17, 15) is 4.79 Å². The molecule has 0 amide bonds. The molecule has 0 radical (unpaired) electrons. The average molecular weight is 336 g/mol. The molecule has 0 aromatic heterocycles. The predicted molar refractivity (Wildman–Crippen MR) is 94.6 cm³/mol. The minimum absolute atomic E-state index is 0.159. The fourth-order valence-corrected chi connectivity index (χ4v) is 2.57. The first-order valence-electron chi connectivity index (χ1n) is 7.90. The number of carbonyl (C=O) groups is 1. The van der Waals surface area contributed by atoms with E-state index in [4.69, 9.17) is 9.47 Å². The Bertz CT molecular complexity index is 753. The second-order valence-electron chi connectivity index (χ2n) is 5.57. The summed E-state index contributed by atoms with van der Waals surface area (Å²) in [7, 11) is 0. The number of hydrogen-bond donors (Lipinski definition) is 2. The predicted octanol–water partition coefficient (Wildman–Crippen LogP) is 2.25. The van der Waals surface area contributed by atoms with E-state index in [-0.39, 0.29) is 23.8 Å². The Morgan fingerprint density at radius 2 is 1.40 bits per heavy atom. The number of hydrazone groups is 2. The molecule has 126 valence electrons. The Morgan fingerprint density at radius 3 is 2.00 bits per heavy atom. The highest BCUT2D eigenvalue weighted by Crippen LogP contribution is 2.22. The van der Waals surface area contributed by atoms with Gasteiger partial charge in [0.05, 0.1) is 18.0 Å². The molecule has 7 heteroatoms. The first-order chi connectivity index (χ1) is 12.3. The van der Waals surface area contributed by atoms with Crippen LogP contribution >= 0.6 is 0 Å². The molecule has 7 nitrogen and oxygen atoms in total. The van der Waals surface area contributed by atoms with E-state index in [1.165, 1.54) is 0 Å². The molecular weight excluding hydrogens is 320 g/mol. The van der Waals surface area contributed by atoms with E-state index in [2.05, 4.69) is 21.1 Å². The maximum Gasteiger partial charge on any atom is 0.233 e. The average Bonchev–Trinajstić information content (AvgIpc) is 3.09. The molecule has 0 unspecified atom stereocenters. The van der Waals surface area contributed by atoms with E-state index >= 15 is 0 Å². The van der Waals surface area contributed by atoms with Gasteiger partial charge in [0, 0.05) is 0 Å². The Morgan fingerprint density at radius 1 is 0.840 bits per heavy atom. The van der Waals surface area contributed by atoms with E-state index in [1.54, 1.807) is 0 Å². The molecule has 2 saturated heterocycles. The van der Waals surface area contributed by atoms with Crippen LogP contribution in [0.5, 0.6) is 0 Å². The molecule has 2 aromatic carbocycles. The van der Waals surface area contributed by atoms with Crippen molar-refractivity contribution in [1.82, 2.24) is 0 Å². The third kappa shape index (κ3) is 3.28. The molecule has 0 spiro atoms. The van der Waals surface area contributed by atoms with Crippen LogP contribution in [-0.2, 0) is 14.3 Å². The molecule has 2 aromatic rings. The lowest BCUT2D eigenvalue weighted by Gasteiger charge is -2.20. The van der Waals surface area contributed by atoms with E-state index in [0.717, 1.165) is 11.4 Å². The molecule has 2 fully saturated rings. The van der Waals surface area contributed by atoms with Crippen LogP contribution in [-0.4, -0.2) is 36.2 Å². The minimum atomic E-state index is -0.760. The zero-order chi connectivity index (χ0) is 17.1. The van der Waals surface area contributed by atoms with Crippen LogP contribution in [0.1, 0.15) is 0 Å². The highest BCUT2D eigenvalue weighted by molar-refractivity contribution is 6.69. The highest BCUT2D eigenvalue weighted by Gasteiger charge is 2.46. The minimum Gasteiger partial charge on any atom is -0.344 e. The van der Waals surface area contributed by atoms with Crippen LogP contribution in [0.25, 0.3) is 0 Å². The number of fused-ring (bicyclic) bond motifs is 2. The lowest BCUT2D eigenvalue weighted by molar-refractivity contribution is -0.110. The summed E-state index contributed by atoms with van der Waals surface area (Å²) in [4.78, 5) is 12.7. The van der Waals surface area contributed by atoms with Crippen molar-refractivity contribution in [2.24, 2.45) is 10.2 Å². The van der Waals surface area contributed by atoms with Gasteiger partial charge in [-0.15, -0.1) is 0 Å². The van der Waals surface area contributed by atoms with Crippen molar-refractivity contribution in [3.63, 3.8) is 0 Å². The van der Waals surface area contributed by atoms with Crippen molar-refractivity contribution in [1.29, 1.82) is 0 Å². The quantitative estimate of drug-likeness (QED) is 0.837. The van der Waals surface area contributed by atoms with Gasteiger partial charge in [-0.05, 0) is 24.3 Å². The number of anilines is 2. The number of rotatable bonds is 4. The Hall–Kier alpha value is -3.03. The van der Waals surface area contributed by atoms with Crippen molar-refractivity contribution < 1.29 is 14.3 Å². The van der Waals surface area contributed by atoms with E-state index in [0.29, 0.717) is 0 Å². The van der Waals surface area contributed by atoms with Crippen LogP contribution in [0.4, 0.5) is 11.4 Å². The van der Waals surface area contributed by atoms with Gasteiger partial charge >= 0.3 is 0 Å². The molecule has 0 saturated carbocycles. The molecule has 25 heavy (non-hydrogen) atoms. The zero-order valence-electron chi connectivity index (χ0n) is 13.3. The summed E-state index contributed by atoms with van der Waals surface area (Å²) < 4.78 is 11.2. The van der Waals surface area contributed by atoms with Crippen molar-refractivity contribution in [2.45, 2.75) is 12.4 Å². The Kier molecular flexibility index (Phi) is 4.24. The lowest BCUT2D eigenvalue weighted by Crippen LogP contribution is -2.45. The monoisotopic (exact) mass is 336 g/mol. The molecular formula is C18H16N4O3. The number of Topliss-reactive ketones (excluding diaryl/α,β-unsaturated/α-hetero) is 1. The Balaban J connectivity index is 1.56. The van der Waals surface area contributed by atoms with Crippen LogP contribution < -0.4 is 10.9 Å². The maximum atomic E-state index is 12.7. The second-order valence-corrected chi connectivity index (χ2v) is 5.57. The summed E-state index contributed by atoms with van der Waals surface area (Å²) in [5, 5.41) is 8.40. The fourth-order valence-electron chi connectivity index (χ4n) is 2.57. The highest BCUT2D eigenvalue weighted by atomic mass is 16.7. The van der Waals surface area contributed by atoms with Crippen molar-refractivity contribution >= 4 is 28.6 Å². The molecule has 2 aliphatic rings. The van der Waals surface area contributed by atoms with Crippen LogP contribution in [0, 0.1) is 0 Å². The third-order valence-corrected chi connectivity index (χ3v) is 3.84. The fraction of sp³-hybridized carbons (Fsp3) is 0.167. The summed E-state index contributed by atoms with van der Waals surface area (Å²) >= 11 is 0. The van der Waals surface area contributed by atoms with Crippen molar-refractivity contribution in [3.05, 3.63) is 60.7 Å². The van der Waals surface area contributed by atoms with E-state index < -0.39 is 12.4 Å². The molecule has 2 aliphatic heterocycles. The van der Waals surface area contributed by atoms with Crippen molar-refractivity contribution in [2.75, 3.05) is 17.5 Å². The molecule has 0 aliphatic carbocycles. The largest absolute Gasteiger partial charge is 0.344 e. The number of nitrogens with zero attached hydrogens (tertiary/aromatic N) is 2. The lowest BCUT2D eigenvalue weighted by atomic mass is 10.0. The van der Waals surface area contributed by atoms with Crippen LogP contribution in [0.2, 0.25) is 0 Å². The SMILES string of the molecule is O=C1C(=NNc2ccccc2)[C@H]2CO[C@H](O2)/C1=N/Nc1ccccc1. The molecule has 2 heterocycles. The van der Waals surface area contributed by atoms with Gasteiger partial charge in [0.25, 0.3) is 0 Å². The summed E-state index contributed by atoms with van der Waals surface area (Å²) in [6.07, 6.45) is -1.24. The van der Waals surface area contributed by atoms with Crippen LogP contribution in [0.3, 0.4) is 0 Å². The molecule has 2 N–H and O–H groups in total. The summed E-state index contributed by atoms with van der Waals surface area (Å²) in [5.74, 6) is -0.286. The second kappa shape index (κ2) is 6.84. The summed E-state index contributed by atoms with van der Waals surface area (Å²) in [6, 6.07) is 18.7. The van der Waals surface area contributed by atoms with Gasteiger partial charge in [0.1, 0.15) is 11.8 Å². The Labute approximate surface area is 144 Å². The molecule has 2 bridgehead atoms. The zero-order valence-corrected chi connectivity index (χ0v) is 13.3. The van der Waals surface area contributed by atoms with E-state index in [1.807, 2.05) is 60.7 Å². The van der Waals surface area contributed by atoms with Gasteiger partial charge < -0.3 is 9.47 Å². The first-order valence-corrected chi connectivity index (χ1v) is 7.90. The van der Waals surface area contributed by atoms with Gasteiger partial charge in [0.15, 0.2) is 5.71 Å². The van der Waals surface area contributed by atoms with Crippen LogP contribution in [0.15, 0.2) is 70.9 Å². The number of nitrogens with one attached hydrogen (secondary N) is 2. The van der Waals surface area contributed by atoms with Gasteiger partial charge in [-0.3, -0.25) is 15.6 Å². The summed E-state index contributed by atoms with van der Waals surface area (Å²) in [5.41, 5.74) is 7.70. The standard InChI is InChI=1S/C18H16N4O3/c23-17-15(21-19-12-7-3-1-4-8-12)14-11-24-18(25-14)16(17)22-20-13-9-5-2-6-10-13/h1-10,14,18-20H,11H2/b21-15?,22-16+/t14-,18-/m1/s1. The number of hydrogen-bond acceptors (Lipinski definition) is 7. The number of benzene rings is 2. The smallest absolute Gasteiger partial charge is 0.233 e. The maximum absolute atomic E-state index is 12.7. The van der Waals surface area contributed by atoms with Gasteiger partial charge in [0.2, 0.25) is 12.1 Å². The topological polar surface area (TPSA) is 84.3 Å². The van der Waals surface area contributed by atoms with Gasteiger partial charge in [-0.2, -0.15) is 10.2 Å². The first kappa shape index (κ1) is 15.5. The van der Waals surface area contributed by atoms with Gasteiger partial charge in [-0.1, -0.05) is 36.4 Å². The number of ketones is 1. The van der Waals surface area contributed by atoms with Gasteiger partial charge in [-0.25, -0.2) is 0 Å². The number of ether oxygens (including phenoxy) is 2. The number of para-hydroxylation sites is 2. The number of carbonyl (C=O) groups excluding carboxylic acids is 1. The normalized spacial score (nSPS) is 25.4. The molecule has 4 rings (SSSR count). The molecule has 2 atom stereocenters. The summed E-state index contributed by atoms with van der Waals surface area (Å²) in [6.45, 7) is 0.274. The third-order valence-electron chi connectivity index (χ3n) is 3.84.